The Morgan fingerprint density at radius 2 is 2.05 bits per heavy atom. The fourth-order valence-corrected chi connectivity index (χ4v) is 2.65. The first-order valence-corrected chi connectivity index (χ1v) is 6.85. The van der Waals surface area contributed by atoms with Crippen LogP contribution < -0.4 is 5.32 Å². The number of hydrogen-bond donors (Lipinski definition) is 2. The Labute approximate surface area is 114 Å². The number of carbonyl (C=O) groups excluding carboxylic acids is 1. The van der Waals surface area contributed by atoms with E-state index >= 15 is 0 Å². The second-order valence-corrected chi connectivity index (χ2v) is 6.64. The first kappa shape index (κ1) is 15.8. The molecule has 1 aliphatic rings. The molecular weight excluding hydrogens is 246 g/mol. The van der Waals surface area contributed by atoms with Gasteiger partial charge in [-0.25, -0.2) is 4.79 Å². The molecule has 1 rings (SSSR count). The average molecular weight is 271 g/mol. The molecule has 0 aromatic heterocycles. The lowest BCUT2D eigenvalue weighted by Crippen LogP contribution is -2.46. The van der Waals surface area contributed by atoms with Crippen molar-refractivity contribution in [3.8, 4) is 0 Å². The summed E-state index contributed by atoms with van der Waals surface area (Å²) in [6.45, 7) is 7.54. The highest BCUT2D eigenvalue weighted by molar-refractivity contribution is 5.76. The summed E-state index contributed by atoms with van der Waals surface area (Å²) in [5.41, 5.74) is -1.41. The normalized spacial score (nSPS) is 27.7. The van der Waals surface area contributed by atoms with Crippen molar-refractivity contribution in [1.29, 1.82) is 0 Å². The summed E-state index contributed by atoms with van der Waals surface area (Å²) in [5.74, 6) is -0.444. The van der Waals surface area contributed by atoms with E-state index in [2.05, 4.69) is 12.2 Å². The standard InChI is InChI=1S/C14H25NO4/c1-10-6-5-7-14(8-10,11(16)17)9-15-12(18)19-13(2,3)4/h10H,5-9H2,1-4H3,(H,15,18)(H,16,17). The van der Waals surface area contributed by atoms with Crippen molar-refractivity contribution >= 4 is 12.1 Å². The van der Waals surface area contributed by atoms with E-state index in [1.54, 1.807) is 20.8 Å². The molecule has 2 N–H and O–H groups in total. The van der Waals surface area contributed by atoms with Crippen LogP contribution in [0.3, 0.4) is 0 Å². The SMILES string of the molecule is CC1CCCC(CNC(=O)OC(C)(C)C)(C(=O)O)C1. The molecule has 19 heavy (non-hydrogen) atoms. The fourth-order valence-electron chi connectivity index (χ4n) is 2.65. The summed E-state index contributed by atoms with van der Waals surface area (Å²) < 4.78 is 5.14. The number of nitrogens with one attached hydrogen (secondary N) is 1. The fraction of sp³-hybridized carbons (Fsp3) is 0.857. The molecule has 2 atom stereocenters. The first-order valence-electron chi connectivity index (χ1n) is 6.85. The Balaban J connectivity index is 2.60. The summed E-state index contributed by atoms with van der Waals surface area (Å²) in [6.07, 6.45) is 2.62. The first-order chi connectivity index (χ1) is 8.65. The molecule has 1 amide bonds. The molecule has 0 saturated heterocycles. The third kappa shape index (κ3) is 4.73. The number of ether oxygens (including phenoxy) is 1. The summed E-state index contributed by atoms with van der Waals surface area (Å²) in [5, 5.41) is 12.1. The Morgan fingerprint density at radius 3 is 2.53 bits per heavy atom. The minimum Gasteiger partial charge on any atom is -0.481 e. The third-order valence-electron chi connectivity index (χ3n) is 3.52. The van der Waals surface area contributed by atoms with E-state index in [0.29, 0.717) is 18.8 Å². The van der Waals surface area contributed by atoms with Crippen molar-refractivity contribution < 1.29 is 19.4 Å². The van der Waals surface area contributed by atoms with Gasteiger partial charge in [-0.05, 0) is 39.5 Å². The lowest BCUT2D eigenvalue weighted by atomic mass is 9.70. The molecule has 0 radical (unpaired) electrons. The molecule has 110 valence electrons. The maximum Gasteiger partial charge on any atom is 0.407 e. The Morgan fingerprint density at radius 1 is 1.42 bits per heavy atom. The van der Waals surface area contributed by atoms with E-state index < -0.39 is 23.1 Å². The number of carboxylic acids is 1. The molecule has 5 nitrogen and oxygen atoms in total. The lowest BCUT2D eigenvalue weighted by Gasteiger charge is -2.36. The number of amides is 1. The number of rotatable bonds is 3. The zero-order valence-electron chi connectivity index (χ0n) is 12.3. The molecule has 0 aromatic rings. The van der Waals surface area contributed by atoms with E-state index in [-0.39, 0.29) is 6.54 Å². The number of alkyl carbamates (subject to hydrolysis) is 1. The van der Waals surface area contributed by atoms with Gasteiger partial charge in [0.2, 0.25) is 0 Å². The zero-order valence-corrected chi connectivity index (χ0v) is 12.3. The van der Waals surface area contributed by atoms with Crippen LogP contribution >= 0.6 is 0 Å². The molecule has 2 unspecified atom stereocenters. The van der Waals surface area contributed by atoms with Crippen molar-refractivity contribution in [3.05, 3.63) is 0 Å². The third-order valence-corrected chi connectivity index (χ3v) is 3.52. The summed E-state index contributed by atoms with van der Waals surface area (Å²) >= 11 is 0. The Kier molecular flexibility index (Phi) is 4.82. The molecule has 1 aliphatic carbocycles. The maximum absolute atomic E-state index is 11.6. The largest absolute Gasteiger partial charge is 0.481 e. The van der Waals surface area contributed by atoms with Crippen LogP contribution in [0.15, 0.2) is 0 Å². The van der Waals surface area contributed by atoms with Crippen LogP contribution in [0.2, 0.25) is 0 Å². The van der Waals surface area contributed by atoms with Crippen LogP contribution in [0.5, 0.6) is 0 Å². The van der Waals surface area contributed by atoms with E-state index in [9.17, 15) is 14.7 Å². The van der Waals surface area contributed by atoms with Gasteiger partial charge in [0.05, 0.1) is 5.41 Å². The Bertz CT molecular complexity index is 348. The predicted molar refractivity (Wildman–Crippen MR) is 71.9 cm³/mol. The van der Waals surface area contributed by atoms with E-state index in [1.807, 2.05) is 0 Å². The van der Waals surface area contributed by atoms with Gasteiger partial charge in [0.15, 0.2) is 0 Å². The van der Waals surface area contributed by atoms with Crippen molar-refractivity contribution in [1.82, 2.24) is 5.32 Å². The van der Waals surface area contributed by atoms with Gasteiger partial charge < -0.3 is 15.2 Å². The minimum absolute atomic E-state index is 0.140. The molecule has 1 fully saturated rings. The van der Waals surface area contributed by atoms with Gasteiger partial charge in [-0.3, -0.25) is 4.79 Å². The van der Waals surface area contributed by atoms with Crippen LogP contribution in [0.25, 0.3) is 0 Å². The number of hydrogen-bond acceptors (Lipinski definition) is 3. The van der Waals surface area contributed by atoms with Gasteiger partial charge in [0, 0.05) is 6.54 Å². The van der Waals surface area contributed by atoms with Gasteiger partial charge >= 0.3 is 12.1 Å². The summed E-state index contributed by atoms with van der Waals surface area (Å²) in [7, 11) is 0. The molecule has 0 bridgehead atoms. The Hall–Kier alpha value is -1.26. The maximum atomic E-state index is 11.6. The highest BCUT2D eigenvalue weighted by Crippen LogP contribution is 2.39. The number of carbonyl (C=O) groups is 2. The number of carboxylic acid groups (broad SMARTS) is 1. The predicted octanol–water partition coefficient (Wildman–Crippen LogP) is 2.79. The lowest BCUT2D eigenvalue weighted by molar-refractivity contribution is -0.151. The van der Waals surface area contributed by atoms with Crippen molar-refractivity contribution in [3.63, 3.8) is 0 Å². The van der Waals surface area contributed by atoms with Crippen LogP contribution in [0.1, 0.15) is 53.4 Å². The number of aliphatic carboxylic acids is 1. The smallest absolute Gasteiger partial charge is 0.407 e. The quantitative estimate of drug-likeness (QED) is 0.827. The van der Waals surface area contributed by atoms with Crippen LogP contribution in [0, 0.1) is 11.3 Å². The molecule has 0 aliphatic heterocycles. The highest BCUT2D eigenvalue weighted by atomic mass is 16.6. The average Bonchev–Trinajstić information content (AvgIpc) is 2.24. The van der Waals surface area contributed by atoms with Crippen LogP contribution in [-0.2, 0) is 9.53 Å². The van der Waals surface area contributed by atoms with Crippen LogP contribution in [0.4, 0.5) is 4.79 Å². The van der Waals surface area contributed by atoms with Gasteiger partial charge in [-0.1, -0.05) is 19.8 Å². The summed E-state index contributed by atoms with van der Waals surface area (Å²) in [6, 6.07) is 0. The minimum atomic E-state index is -0.839. The highest BCUT2D eigenvalue weighted by Gasteiger charge is 2.42. The second kappa shape index (κ2) is 5.80. The molecule has 5 heteroatoms. The van der Waals surface area contributed by atoms with Gasteiger partial charge in [-0.2, -0.15) is 0 Å². The summed E-state index contributed by atoms with van der Waals surface area (Å²) in [4.78, 5) is 23.1. The van der Waals surface area contributed by atoms with Crippen LogP contribution in [-0.4, -0.2) is 29.3 Å². The monoisotopic (exact) mass is 271 g/mol. The van der Waals surface area contributed by atoms with E-state index in [4.69, 9.17) is 4.74 Å². The van der Waals surface area contributed by atoms with Gasteiger partial charge in [0.25, 0.3) is 0 Å². The van der Waals surface area contributed by atoms with Crippen molar-refractivity contribution in [2.24, 2.45) is 11.3 Å². The van der Waals surface area contributed by atoms with Crippen molar-refractivity contribution in [2.75, 3.05) is 6.54 Å². The molecule has 1 saturated carbocycles. The zero-order chi connectivity index (χ0) is 14.7. The van der Waals surface area contributed by atoms with E-state index in [0.717, 1.165) is 12.8 Å². The van der Waals surface area contributed by atoms with E-state index in [1.165, 1.54) is 0 Å². The molecule has 0 aromatic carbocycles. The molecular formula is C14H25NO4. The topological polar surface area (TPSA) is 75.6 Å². The molecule has 0 heterocycles. The van der Waals surface area contributed by atoms with Gasteiger partial charge in [-0.15, -0.1) is 0 Å². The van der Waals surface area contributed by atoms with Crippen molar-refractivity contribution in [2.45, 2.75) is 59.0 Å². The second-order valence-electron chi connectivity index (χ2n) is 6.64. The van der Waals surface area contributed by atoms with Gasteiger partial charge in [0.1, 0.15) is 5.60 Å². The molecule has 0 spiro atoms.